The molecule has 1 aromatic rings. The van der Waals surface area contributed by atoms with Gasteiger partial charge in [0.1, 0.15) is 11.5 Å². The van der Waals surface area contributed by atoms with Gasteiger partial charge in [0.05, 0.1) is 27.4 Å². The van der Waals surface area contributed by atoms with E-state index in [4.69, 9.17) is 14.2 Å². The van der Waals surface area contributed by atoms with Crippen LogP contribution in [0.4, 0.5) is 0 Å². The molecule has 5 nitrogen and oxygen atoms in total. The molecule has 0 spiro atoms. The van der Waals surface area contributed by atoms with Crippen LogP contribution >= 0.6 is 0 Å². The Bertz CT molecular complexity index is 419. The second kappa shape index (κ2) is 6.54. The molecule has 1 aliphatic heterocycles. The van der Waals surface area contributed by atoms with E-state index < -0.39 is 0 Å². The number of Topliss-reactive ketones (excluding diaryl/α,β-unsaturated/α-hetero) is 1. The van der Waals surface area contributed by atoms with Crippen molar-refractivity contribution in [3.63, 3.8) is 0 Å². The van der Waals surface area contributed by atoms with E-state index in [1.54, 1.807) is 32.4 Å². The summed E-state index contributed by atoms with van der Waals surface area (Å²) in [5.41, 5.74) is 0.601. The van der Waals surface area contributed by atoms with Crippen LogP contribution in [0, 0.1) is 0 Å². The standard InChI is InChI=1S/C14H19NO4/c1-17-12-5-10(6-13(8-12)18-2)14(16)7-11-9-19-4-3-15-11/h5-6,8,11,15H,3-4,7,9H2,1-2H3. The van der Waals surface area contributed by atoms with Crippen LogP contribution < -0.4 is 14.8 Å². The Labute approximate surface area is 112 Å². The number of hydrogen-bond acceptors (Lipinski definition) is 5. The summed E-state index contributed by atoms with van der Waals surface area (Å²) in [4.78, 5) is 12.2. The van der Waals surface area contributed by atoms with E-state index in [1.807, 2.05) is 0 Å². The predicted octanol–water partition coefficient (Wildman–Crippen LogP) is 1.26. The number of methoxy groups -OCH3 is 2. The molecule has 0 saturated carbocycles. The first-order valence-corrected chi connectivity index (χ1v) is 6.30. The average Bonchev–Trinajstić information content (AvgIpc) is 2.47. The first-order chi connectivity index (χ1) is 9.22. The maximum Gasteiger partial charge on any atom is 0.164 e. The lowest BCUT2D eigenvalue weighted by Crippen LogP contribution is -2.42. The number of nitrogens with one attached hydrogen (secondary N) is 1. The summed E-state index contributed by atoms with van der Waals surface area (Å²) in [7, 11) is 3.14. The highest BCUT2D eigenvalue weighted by molar-refractivity contribution is 5.97. The first-order valence-electron chi connectivity index (χ1n) is 6.30. The summed E-state index contributed by atoms with van der Waals surface area (Å²) in [6.07, 6.45) is 0.413. The van der Waals surface area contributed by atoms with E-state index in [0.717, 1.165) is 6.54 Å². The molecule has 1 N–H and O–H groups in total. The maximum absolute atomic E-state index is 12.2. The molecule has 1 aliphatic rings. The second-order valence-electron chi connectivity index (χ2n) is 4.45. The van der Waals surface area contributed by atoms with Crippen LogP contribution in [0.5, 0.6) is 11.5 Å². The van der Waals surface area contributed by atoms with Gasteiger partial charge in [0.2, 0.25) is 0 Å². The molecule has 1 unspecified atom stereocenters. The van der Waals surface area contributed by atoms with Gasteiger partial charge < -0.3 is 19.5 Å². The molecular weight excluding hydrogens is 246 g/mol. The van der Waals surface area contributed by atoms with Crippen molar-refractivity contribution in [2.24, 2.45) is 0 Å². The number of hydrogen-bond donors (Lipinski definition) is 1. The van der Waals surface area contributed by atoms with Crippen molar-refractivity contribution in [3.05, 3.63) is 23.8 Å². The summed E-state index contributed by atoms with van der Waals surface area (Å²) in [5, 5.41) is 3.27. The zero-order chi connectivity index (χ0) is 13.7. The third-order valence-electron chi connectivity index (χ3n) is 3.10. The Morgan fingerprint density at radius 1 is 1.32 bits per heavy atom. The van der Waals surface area contributed by atoms with Crippen LogP contribution in [0.25, 0.3) is 0 Å². The zero-order valence-electron chi connectivity index (χ0n) is 11.3. The van der Waals surface area contributed by atoms with Gasteiger partial charge in [0.25, 0.3) is 0 Å². The summed E-state index contributed by atoms with van der Waals surface area (Å²) in [6.45, 7) is 2.07. The summed E-state index contributed by atoms with van der Waals surface area (Å²) >= 11 is 0. The number of ketones is 1. The number of carbonyl (C=O) groups excluding carboxylic acids is 1. The smallest absolute Gasteiger partial charge is 0.164 e. The average molecular weight is 265 g/mol. The molecular formula is C14H19NO4. The summed E-state index contributed by atoms with van der Waals surface area (Å²) < 4.78 is 15.7. The number of rotatable bonds is 5. The molecule has 0 aliphatic carbocycles. The summed E-state index contributed by atoms with van der Waals surface area (Å²) in [5.74, 6) is 1.30. The molecule has 5 heteroatoms. The lowest BCUT2D eigenvalue weighted by atomic mass is 10.0. The van der Waals surface area contributed by atoms with E-state index in [2.05, 4.69) is 5.32 Å². The van der Waals surface area contributed by atoms with Gasteiger partial charge >= 0.3 is 0 Å². The van der Waals surface area contributed by atoms with Crippen molar-refractivity contribution in [1.82, 2.24) is 5.32 Å². The van der Waals surface area contributed by atoms with Crippen LogP contribution in [-0.2, 0) is 4.74 Å². The Morgan fingerprint density at radius 2 is 2.00 bits per heavy atom. The molecule has 1 saturated heterocycles. The molecule has 2 rings (SSSR count). The minimum atomic E-state index is 0.0557. The fourth-order valence-electron chi connectivity index (χ4n) is 2.06. The molecule has 1 heterocycles. The monoisotopic (exact) mass is 265 g/mol. The molecule has 1 aromatic carbocycles. The number of benzene rings is 1. The van der Waals surface area contributed by atoms with Crippen LogP contribution in [0.15, 0.2) is 18.2 Å². The van der Waals surface area contributed by atoms with Crippen LogP contribution in [-0.4, -0.2) is 45.8 Å². The SMILES string of the molecule is COc1cc(OC)cc(C(=O)CC2COCCN2)c1. The van der Waals surface area contributed by atoms with E-state index in [0.29, 0.717) is 36.7 Å². The van der Waals surface area contributed by atoms with E-state index in [9.17, 15) is 4.79 Å². The second-order valence-corrected chi connectivity index (χ2v) is 4.45. The van der Waals surface area contributed by atoms with Crippen molar-refractivity contribution in [1.29, 1.82) is 0 Å². The van der Waals surface area contributed by atoms with Crippen molar-refractivity contribution in [2.75, 3.05) is 34.0 Å². The highest BCUT2D eigenvalue weighted by atomic mass is 16.5. The van der Waals surface area contributed by atoms with Crippen molar-refractivity contribution >= 4 is 5.78 Å². The van der Waals surface area contributed by atoms with E-state index in [1.165, 1.54) is 0 Å². The van der Waals surface area contributed by atoms with E-state index >= 15 is 0 Å². The fraction of sp³-hybridized carbons (Fsp3) is 0.500. The van der Waals surface area contributed by atoms with Gasteiger partial charge in [-0.05, 0) is 12.1 Å². The molecule has 0 radical (unpaired) electrons. The van der Waals surface area contributed by atoms with Crippen LogP contribution in [0.2, 0.25) is 0 Å². The Kier molecular flexibility index (Phi) is 4.76. The van der Waals surface area contributed by atoms with Crippen molar-refractivity contribution in [2.45, 2.75) is 12.5 Å². The number of morpholine rings is 1. The molecule has 0 amide bonds. The predicted molar refractivity (Wildman–Crippen MR) is 71.1 cm³/mol. The number of ether oxygens (including phenoxy) is 3. The Morgan fingerprint density at radius 3 is 2.53 bits per heavy atom. The minimum Gasteiger partial charge on any atom is -0.497 e. The highest BCUT2D eigenvalue weighted by Crippen LogP contribution is 2.23. The third-order valence-corrected chi connectivity index (χ3v) is 3.10. The van der Waals surface area contributed by atoms with Gasteiger partial charge in [-0.1, -0.05) is 0 Å². The minimum absolute atomic E-state index is 0.0557. The van der Waals surface area contributed by atoms with Gasteiger partial charge in [0.15, 0.2) is 5.78 Å². The van der Waals surface area contributed by atoms with E-state index in [-0.39, 0.29) is 11.8 Å². The van der Waals surface area contributed by atoms with Gasteiger partial charge in [-0.2, -0.15) is 0 Å². The highest BCUT2D eigenvalue weighted by Gasteiger charge is 2.18. The van der Waals surface area contributed by atoms with Gasteiger partial charge in [-0.15, -0.1) is 0 Å². The molecule has 104 valence electrons. The van der Waals surface area contributed by atoms with Gasteiger partial charge in [0, 0.05) is 30.6 Å². The maximum atomic E-state index is 12.2. The van der Waals surface area contributed by atoms with Crippen LogP contribution in [0.1, 0.15) is 16.8 Å². The van der Waals surface area contributed by atoms with Gasteiger partial charge in [-0.3, -0.25) is 4.79 Å². The molecule has 0 aromatic heterocycles. The van der Waals surface area contributed by atoms with Gasteiger partial charge in [-0.25, -0.2) is 0 Å². The van der Waals surface area contributed by atoms with Crippen molar-refractivity contribution in [3.8, 4) is 11.5 Å². The third kappa shape index (κ3) is 3.68. The normalized spacial score (nSPS) is 18.9. The first kappa shape index (κ1) is 13.8. The molecule has 19 heavy (non-hydrogen) atoms. The molecule has 0 bridgehead atoms. The molecule has 1 fully saturated rings. The lowest BCUT2D eigenvalue weighted by molar-refractivity contribution is 0.0676. The Hall–Kier alpha value is -1.59. The summed E-state index contributed by atoms with van der Waals surface area (Å²) in [6, 6.07) is 5.29. The molecule has 1 atom stereocenters. The van der Waals surface area contributed by atoms with Crippen molar-refractivity contribution < 1.29 is 19.0 Å². The number of carbonyl (C=O) groups is 1. The Balaban J connectivity index is 2.08. The zero-order valence-corrected chi connectivity index (χ0v) is 11.3. The fourth-order valence-corrected chi connectivity index (χ4v) is 2.06. The quantitative estimate of drug-likeness (QED) is 0.812. The lowest BCUT2D eigenvalue weighted by Gasteiger charge is -2.23. The topological polar surface area (TPSA) is 56.8 Å². The van der Waals surface area contributed by atoms with Crippen LogP contribution in [0.3, 0.4) is 0 Å². The largest absolute Gasteiger partial charge is 0.497 e.